The van der Waals surface area contributed by atoms with Crippen molar-refractivity contribution in [1.29, 1.82) is 0 Å². The van der Waals surface area contributed by atoms with E-state index in [2.05, 4.69) is 0 Å². The zero-order valence-electron chi connectivity index (χ0n) is 15.1. The van der Waals surface area contributed by atoms with E-state index in [1.165, 1.54) is 36.6 Å². The lowest BCUT2D eigenvalue weighted by atomic mass is 9.88. The summed E-state index contributed by atoms with van der Waals surface area (Å²) in [5, 5.41) is 33.4. The van der Waals surface area contributed by atoms with Gasteiger partial charge in [-0.1, -0.05) is 23.7 Å². The number of hydrogen-bond donors (Lipinski definition) is 2. The first-order chi connectivity index (χ1) is 13.8. The van der Waals surface area contributed by atoms with E-state index in [-0.39, 0.29) is 11.3 Å². The highest BCUT2D eigenvalue weighted by molar-refractivity contribution is 7.10. The second kappa shape index (κ2) is 8.60. The number of carboxylic acid groups (broad SMARTS) is 1. The molecule has 0 aliphatic carbocycles. The highest BCUT2D eigenvalue weighted by atomic mass is 35.5. The first-order valence-corrected chi connectivity index (χ1v) is 9.65. The number of carboxylic acids is 1. The number of hydrogen-bond acceptors (Lipinski definition) is 6. The van der Waals surface area contributed by atoms with Gasteiger partial charge in [-0.05, 0) is 41.3 Å². The second-order valence-corrected chi connectivity index (χ2v) is 7.54. The monoisotopic (exact) mass is 433 g/mol. The fraction of sp³-hybridized carbons (Fsp3) is 0.150. The number of benzene rings is 2. The number of ether oxygens (including phenoxy) is 1. The van der Waals surface area contributed by atoms with Gasteiger partial charge in [0.1, 0.15) is 5.75 Å². The lowest BCUT2D eigenvalue weighted by Crippen LogP contribution is -2.28. The number of nitro benzene ring substituents is 1. The van der Waals surface area contributed by atoms with Gasteiger partial charge < -0.3 is 14.9 Å². The molecule has 3 rings (SSSR count). The zero-order chi connectivity index (χ0) is 21.1. The zero-order valence-corrected chi connectivity index (χ0v) is 16.7. The van der Waals surface area contributed by atoms with Crippen LogP contribution in [0.5, 0.6) is 5.75 Å². The van der Waals surface area contributed by atoms with E-state index < -0.39 is 22.9 Å². The molecule has 9 heteroatoms. The third kappa shape index (κ3) is 4.24. The smallest absolute Gasteiger partial charge is 0.333 e. The quantitative estimate of drug-likeness (QED) is 0.417. The summed E-state index contributed by atoms with van der Waals surface area (Å²) >= 11 is 7.27. The summed E-state index contributed by atoms with van der Waals surface area (Å²) in [6.45, 7) is 0. The Labute approximate surface area is 174 Å². The molecule has 0 radical (unpaired) electrons. The molecular formula is C20H16ClNO6S. The van der Waals surface area contributed by atoms with E-state index in [1.807, 2.05) is 0 Å². The van der Waals surface area contributed by atoms with Crippen molar-refractivity contribution in [2.45, 2.75) is 12.0 Å². The van der Waals surface area contributed by atoms with Gasteiger partial charge in [0, 0.05) is 21.5 Å². The Bertz CT molecular complexity index is 1050. The van der Waals surface area contributed by atoms with E-state index in [1.54, 1.807) is 35.7 Å². The molecule has 1 heterocycles. The van der Waals surface area contributed by atoms with Crippen LogP contribution in [0.4, 0.5) is 5.69 Å². The molecule has 2 unspecified atom stereocenters. The van der Waals surface area contributed by atoms with Crippen LogP contribution in [0.25, 0.3) is 11.1 Å². The maximum Gasteiger partial charge on any atom is 0.333 e. The van der Waals surface area contributed by atoms with Crippen LogP contribution < -0.4 is 4.74 Å². The van der Waals surface area contributed by atoms with Crippen LogP contribution in [-0.4, -0.2) is 34.3 Å². The average Bonchev–Trinajstić information content (AvgIpc) is 3.17. The number of aliphatic hydroxyl groups excluding tert-OH is 1. The summed E-state index contributed by atoms with van der Waals surface area (Å²) in [5.74, 6) is -1.76. The number of aliphatic hydroxyl groups is 1. The van der Waals surface area contributed by atoms with Crippen LogP contribution in [0.15, 0.2) is 53.9 Å². The summed E-state index contributed by atoms with van der Waals surface area (Å²) < 4.78 is 5.13. The van der Waals surface area contributed by atoms with Crippen LogP contribution in [0.1, 0.15) is 16.4 Å². The number of thiophene rings is 1. The summed E-state index contributed by atoms with van der Waals surface area (Å²) in [5.41, 5.74) is 1.08. The Balaban J connectivity index is 2.20. The van der Waals surface area contributed by atoms with Crippen molar-refractivity contribution in [3.05, 3.63) is 79.5 Å². The standard InChI is InChI=1S/C20H16ClNO6S/c1-28-13-5-2-11(3-6-13)17(18(23)20(24)25)19-14(8-9-29-19)15-10-12(21)4-7-16(15)22(26)27/h2-10,17-18,23H,1H3,(H,24,25). The first-order valence-electron chi connectivity index (χ1n) is 8.40. The van der Waals surface area contributed by atoms with Crippen molar-refractivity contribution in [3.63, 3.8) is 0 Å². The molecule has 150 valence electrons. The van der Waals surface area contributed by atoms with Crippen molar-refractivity contribution in [1.82, 2.24) is 0 Å². The van der Waals surface area contributed by atoms with Crippen LogP contribution in [0, 0.1) is 10.1 Å². The number of methoxy groups -OCH3 is 1. The molecule has 7 nitrogen and oxygen atoms in total. The van der Waals surface area contributed by atoms with Gasteiger partial charge in [-0.3, -0.25) is 10.1 Å². The molecule has 3 aromatic rings. The normalized spacial score (nSPS) is 12.9. The van der Waals surface area contributed by atoms with E-state index in [9.17, 15) is 25.1 Å². The molecule has 0 bridgehead atoms. The molecule has 2 aromatic carbocycles. The molecule has 2 atom stereocenters. The summed E-state index contributed by atoms with van der Waals surface area (Å²) in [6.07, 6.45) is -1.75. The molecule has 0 spiro atoms. The third-order valence-electron chi connectivity index (χ3n) is 4.47. The van der Waals surface area contributed by atoms with Crippen LogP contribution in [0.3, 0.4) is 0 Å². The molecule has 0 saturated heterocycles. The maximum absolute atomic E-state index is 11.6. The summed E-state index contributed by atoms with van der Waals surface area (Å²) in [7, 11) is 1.51. The van der Waals surface area contributed by atoms with Crippen molar-refractivity contribution < 1.29 is 24.7 Å². The average molecular weight is 434 g/mol. The van der Waals surface area contributed by atoms with Gasteiger partial charge in [-0.15, -0.1) is 11.3 Å². The van der Waals surface area contributed by atoms with Crippen molar-refractivity contribution in [2.75, 3.05) is 7.11 Å². The Hall–Kier alpha value is -2.94. The minimum atomic E-state index is -1.75. The van der Waals surface area contributed by atoms with Gasteiger partial charge in [0.2, 0.25) is 0 Å². The minimum Gasteiger partial charge on any atom is -0.497 e. The number of halogens is 1. The predicted molar refractivity (Wildman–Crippen MR) is 110 cm³/mol. The molecule has 0 aliphatic heterocycles. The van der Waals surface area contributed by atoms with Crippen molar-refractivity contribution in [2.24, 2.45) is 0 Å². The molecule has 0 fully saturated rings. The number of nitrogens with zero attached hydrogens (tertiary/aromatic N) is 1. The van der Waals surface area contributed by atoms with Crippen LogP contribution in [0.2, 0.25) is 5.02 Å². The fourth-order valence-corrected chi connectivity index (χ4v) is 4.34. The molecule has 1 aromatic heterocycles. The summed E-state index contributed by atoms with van der Waals surface area (Å²) in [4.78, 5) is 23.1. The SMILES string of the molecule is COc1ccc(C(c2sccc2-c2cc(Cl)ccc2[N+](=O)[O-])C(O)C(=O)O)cc1. The number of aliphatic carboxylic acids is 1. The van der Waals surface area contributed by atoms with Gasteiger partial charge in [0.25, 0.3) is 5.69 Å². The van der Waals surface area contributed by atoms with Crippen molar-refractivity contribution >= 4 is 34.6 Å². The minimum absolute atomic E-state index is 0.160. The van der Waals surface area contributed by atoms with E-state index >= 15 is 0 Å². The molecule has 0 aliphatic rings. The Morgan fingerprint density at radius 3 is 2.45 bits per heavy atom. The largest absolute Gasteiger partial charge is 0.497 e. The van der Waals surface area contributed by atoms with Crippen LogP contribution >= 0.6 is 22.9 Å². The van der Waals surface area contributed by atoms with Gasteiger partial charge in [0.05, 0.1) is 23.5 Å². The van der Waals surface area contributed by atoms with Gasteiger partial charge >= 0.3 is 5.97 Å². The Kier molecular flexibility index (Phi) is 6.17. The second-order valence-electron chi connectivity index (χ2n) is 6.15. The Morgan fingerprint density at radius 1 is 1.17 bits per heavy atom. The van der Waals surface area contributed by atoms with Crippen LogP contribution in [-0.2, 0) is 4.79 Å². The highest BCUT2D eigenvalue weighted by Gasteiger charge is 2.33. The fourth-order valence-electron chi connectivity index (χ4n) is 3.10. The summed E-state index contributed by atoms with van der Waals surface area (Å²) in [6, 6.07) is 12.5. The van der Waals surface area contributed by atoms with E-state index in [4.69, 9.17) is 16.3 Å². The molecule has 0 saturated carbocycles. The van der Waals surface area contributed by atoms with Crippen molar-refractivity contribution in [3.8, 4) is 16.9 Å². The third-order valence-corrected chi connectivity index (χ3v) is 5.70. The lowest BCUT2D eigenvalue weighted by molar-refractivity contribution is -0.384. The first kappa shape index (κ1) is 20.8. The number of nitro groups is 1. The molecule has 0 amide bonds. The molecule has 2 N–H and O–H groups in total. The van der Waals surface area contributed by atoms with E-state index in [0.717, 1.165) is 0 Å². The van der Waals surface area contributed by atoms with Gasteiger partial charge in [-0.25, -0.2) is 4.79 Å². The topological polar surface area (TPSA) is 110 Å². The Morgan fingerprint density at radius 2 is 1.86 bits per heavy atom. The lowest BCUT2D eigenvalue weighted by Gasteiger charge is -2.21. The number of rotatable bonds is 7. The van der Waals surface area contributed by atoms with Gasteiger partial charge in [0.15, 0.2) is 6.10 Å². The maximum atomic E-state index is 11.6. The molecular weight excluding hydrogens is 418 g/mol. The van der Waals surface area contributed by atoms with E-state index in [0.29, 0.717) is 26.8 Å². The number of carbonyl (C=O) groups is 1. The highest BCUT2D eigenvalue weighted by Crippen LogP contribution is 2.43. The predicted octanol–water partition coefficient (Wildman–Crippen LogP) is 4.56. The molecule has 29 heavy (non-hydrogen) atoms. The van der Waals surface area contributed by atoms with Gasteiger partial charge in [-0.2, -0.15) is 0 Å².